The first-order valence-corrected chi connectivity index (χ1v) is 13.1. The summed E-state index contributed by atoms with van der Waals surface area (Å²) in [6, 6.07) is 11.7. The number of nitrogens with one attached hydrogen (secondary N) is 1. The van der Waals surface area contributed by atoms with Gasteiger partial charge in [0.25, 0.3) is 5.91 Å². The molecule has 1 aliphatic rings. The Balaban J connectivity index is 1.84. The van der Waals surface area contributed by atoms with E-state index in [1.54, 1.807) is 48.6 Å². The monoisotopic (exact) mass is 522 g/mol. The van der Waals surface area contributed by atoms with E-state index in [2.05, 4.69) is 0 Å². The third kappa shape index (κ3) is 4.75. The van der Waals surface area contributed by atoms with E-state index in [0.717, 1.165) is 18.4 Å². The zero-order valence-corrected chi connectivity index (χ0v) is 20.3. The molecule has 0 atom stereocenters. The van der Waals surface area contributed by atoms with Crippen molar-refractivity contribution < 1.29 is 31.2 Å². The van der Waals surface area contributed by atoms with E-state index in [1.165, 1.54) is 16.9 Å². The Morgan fingerprint density at radius 2 is 1.95 bits per heavy atom. The van der Waals surface area contributed by atoms with Gasteiger partial charge in [-0.15, -0.1) is 0 Å². The molecule has 0 saturated heterocycles. The van der Waals surface area contributed by atoms with Gasteiger partial charge in [-0.2, -0.15) is 0 Å². The van der Waals surface area contributed by atoms with Crippen LogP contribution in [0.1, 0.15) is 28.0 Å². The van der Waals surface area contributed by atoms with Crippen molar-refractivity contribution in [2.24, 2.45) is 0 Å². The Hall–Kier alpha value is -4.31. The summed E-state index contributed by atoms with van der Waals surface area (Å²) in [6.45, 7) is -0.230. The molecule has 0 saturated carbocycles. The Labute approximate surface area is 210 Å². The standard InChI is InChI=1S/C27H20F2N2O5S/c1-37(34,35)30-27(33)26-25(19-5-2-3-6-23(19)32)20-13-16(24-7-4-12-36-24)9-11-22(20)31(26)15-17-8-10-18(28)14-21(17)29/h2-5,7-14H,6,15H2,1H3,(H,30,33). The highest BCUT2D eigenvalue weighted by atomic mass is 32.2. The van der Waals surface area contributed by atoms with Crippen molar-refractivity contribution in [3.8, 4) is 11.3 Å². The molecule has 10 heteroatoms. The average molecular weight is 523 g/mol. The summed E-state index contributed by atoms with van der Waals surface area (Å²) in [5, 5.41) is 0.463. The third-order valence-corrected chi connectivity index (χ3v) is 6.53. The van der Waals surface area contributed by atoms with Crippen molar-refractivity contribution in [3.05, 3.63) is 101 Å². The number of ketones is 1. The number of halogens is 2. The van der Waals surface area contributed by atoms with E-state index in [4.69, 9.17) is 4.42 Å². The van der Waals surface area contributed by atoms with Crippen LogP contribution in [-0.4, -0.2) is 30.9 Å². The van der Waals surface area contributed by atoms with Crippen molar-refractivity contribution in [2.45, 2.75) is 13.0 Å². The second-order valence-corrected chi connectivity index (χ2v) is 10.3. The Bertz CT molecular complexity index is 1730. The summed E-state index contributed by atoms with van der Waals surface area (Å²) in [4.78, 5) is 26.4. The van der Waals surface area contributed by atoms with Gasteiger partial charge in [0.1, 0.15) is 23.1 Å². The predicted molar refractivity (Wildman–Crippen MR) is 134 cm³/mol. The van der Waals surface area contributed by atoms with Crippen molar-refractivity contribution in [2.75, 3.05) is 6.26 Å². The molecule has 0 unspecified atom stereocenters. The highest BCUT2D eigenvalue weighted by Gasteiger charge is 2.30. The molecule has 5 rings (SSSR count). The Morgan fingerprint density at radius 1 is 1.14 bits per heavy atom. The first-order valence-electron chi connectivity index (χ1n) is 11.2. The molecule has 1 N–H and O–H groups in total. The number of sulfonamides is 1. The van der Waals surface area contributed by atoms with Crippen LogP contribution in [0.3, 0.4) is 0 Å². The molecule has 0 spiro atoms. The van der Waals surface area contributed by atoms with Crippen molar-refractivity contribution in [1.29, 1.82) is 0 Å². The molecule has 0 aliphatic heterocycles. The number of fused-ring (bicyclic) bond motifs is 1. The zero-order valence-electron chi connectivity index (χ0n) is 19.5. The molecule has 1 amide bonds. The van der Waals surface area contributed by atoms with Crippen LogP contribution in [0.2, 0.25) is 0 Å². The van der Waals surface area contributed by atoms with E-state index in [-0.39, 0.29) is 41.1 Å². The third-order valence-electron chi connectivity index (χ3n) is 5.98. The van der Waals surface area contributed by atoms with Crippen molar-refractivity contribution >= 4 is 38.2 Å². The molecular formula is C27H20F2N2O5S. The van der Waals surface area contributed by atoms with E-state index in [9.17, 15) is 26.8 Å². The molecule has 2 aromatic heterocycles. The lowest BCUT2D eigenvalue weighted by Gasteiger charge is -2.14. The minimum absolute atomic E-state index is 0.0669. The Morgan fingerprint density at radius 3 is 2.62 bits per heavy atom. The van der Waals surface area contributed by atoms with Gasteiger partial charge in [-0.1, -0.05) is 24.3 Å². The van der Waals surface area contributed by atoms with E-state index in [0.29, 0.717) is 22.2 Å². The summed E-state index contributed by atoms with van der Waals surface area (Å²) in [5.74, 6) is -2.32. The van der Waals surface area contributed by atoms with Crippen LogP contribution < -0.4 is 4.72 Å². The predicted octanol–water partition coefficient (Wildman–Crippen LogP) is 4.83. The maximum absolute atomic E-state index is 14.7. The van der Waals surface area contributed by atoms with Gasteiger partial charge in [0, 0.05) is 45.7 Å². The number of benzene rings is 2. The van der Waals surface area contributed by atoms with Gasteiger partial charge in [0.2, 0.25) is 10.0 Å². The average Bonchev–Trinajstić information content (AvgIpc) is 3.47. The molecule has 7 nitrogen and oxygen atoms in total. The minimum Gasteiger partial charge on any atom is -0.464 e. The number of amides is 1. The number of Topliss-reactive ketones (excluding diaryl/α,β-unsaturated/α-hetero) is 1. The van der Waals surface area contributed by atoms with Crippen LogP contribution >= 0.6 is 0 Å². The minimum atomic E-state index is -3.99. The second-order valence-electron chi connectivity index (χ2n) is 8.59. The van der Waals surface area contributed by atoms with Crippen LogP contribution in [0.15, 0.2) is 77.4 Å². The molecule has 2 aromatic carbocycles. The first kappa shape index (κ1) is 24.4. The second kappa shape index (κ2) is 9.29. The first-order chi connectivity index (χ1) is 17.6. The van der Waals surface area contributed by atoms with Crippen LogP contribution in [0.4, 0.5) is 8.78 Å². The molecule has 4 aromatic rings. The molecule has 0 fully saturated rings. The van der Waals surface area contributed by atoms with Gasteiger partial charge in [0.05, 0.1) is 19.1 Å². The van der Waals surface area contributed by atoms with Gasteiger partial charge >= 0.3 is 0 Å². The lowest BCUT2D eigenvalue weighted by Crippen LogP contribution is -2.32. The smallest absolute Gasteiger partial charge is 0.282 e. The van der Waals surface area contributed by atoms with Crippen LogP contribution in [0.25, 0.3) is 27.8 Å². The molecule has 1 aliphatic carbocycles. The maximum Gasteiger partial charge on any atom is 0.282 e. The quantitative estimate of drug-likeness (QED) is 0.391. The summed E-state index contributed by atoms with van der Waals surface area (Å²) in [6.07, 6.45) is 7.33. The number of rotatable bonds is 6. The highest BCUT2D eigenvalue weighted by Crippen LogP contribution is 2.37. The number of hydrogen-bond acceptors (Lipinski definition) is 5. The van der Waals surface area contributed by atoms with Gasteiger partial charge < -0.3 is 8.98 Å². The number of nitrogens with zero attached hydrogens (tertiary/aromatic N) is 1. The number of allylic oxidation sites excluding steroid dienone is 4. The molecule has 188 valence electrons. The number of carbonyl (C=O) groups is 2. The summed E-state index contributed by atoms with van der Waals surface area (Å²) < 4.78 is 61.2. The van der Waals surface area contributed by atoms with Crippen LogP contribution in [0.5, 0.6) is 0 Å². The van der Waals surface area contributed by atoms with E-state index < -0.39 is 27.6 Å². The topological polar surface area (TPSA) is 98.4 Å². The fourth-order valence-electron chi connectivity index (χ4n) is 4.43. The fraction of sp³-hybridized carbons (Fsp3) is 0.111. The summed E-state index contributed by atoms with van der Waals surface area (Å²) in [7, 11) is -3.99. The zero-order chi connectivity index (χ0) is 26.3. The lowest BCUT2D eigenvalue weighted by molar-refractivity contribution is -0.113. The normalized spacial score (nSPS) is 13.7. The molecule has 37 heavy (non-hydrogen) atoms. The SMILES string of the molecule is CS(=O)(=O)NC(=O)c1c(C2=CC=CCC2=O)c2cc(-c3ccco3)ccc2n1Cc1ccc(F)cc1F. The largest absolute Gasteiger partial charge is 0.464 e. The highest BCUT2D eigenvalue weighted by molar-refractivity contribution is 7.89. The van der Waals surface area contributed by atoms with Crippen LogP contribution in [-0.2, 0) is 21.4 Å². The molecule has 0 radical (unpaired) electrons. The number of aromatic nitrogens is 1. The van der Waals surface area contributed by atoms with E-state index in [1.807, 2.05) is 4.72 Å². The molecule has 2 heterocycles. The van der Waals surface area contributed by atoms with Gasteiger partial charge in [-0.3, -0.25) is 9.59 Å². The fourth-order valence-corrected chi connectivity index (χ4v) is 4.86. The van der Waals surface area contributed by atoms with Gasteiger partial charge in [0.15, 0.2) is 5.78 Å². The number of furan rings is 1. The summed E-state index contributed by atoms with van der Waals surface area (Å²) >= 11 is 0. The van der Waals surface area contributed by atoms with E-state index >= 15 is 0 Å². The Kier molecular flexibility index (Phi) is 6.12. The molecule has 0 bridgehead atoms. The summed E-state index contributed by atoms with van der Waals surface area (Å²) in [5.41, 5.74) is 1.43. The number of hydrogen-bond donors (Lipinski definition) is 1. The van der Waals surface area contributed by atoms with Crippen molar-refractivity contribution in [1.82, 2.24) is 9.29 Å². The lowest BCUT2D eigenvalue weighted by atomic mass is 9.93. The van der Waals surface area contributed by atoms with Crippen molar-refractivity contribution in [3.63, 3.8) is 0 Å². The van der Waals surface area contributed by atoms with Gasteiger partial charge in [-0.05, 0) is 36.4 Å². The molecular weight excluding hydrogens is 502 g/mol. The van der Waals surface area contributed by atoms with Gasteiger partial charge in [-0.25, -0.2) is 21.9 Å². The van der Waals surface area contributed by atoms with Crippen LogP contribution in [0, 0.1) is 11.6 Å². The number of carbonyl (C=O) groups excluding carboxylic acids is 2. The maximum atomic E-state index is 14.7.